The van der Waals surface area contributed by atoms with E-state index in [1.807, 2.05) is 0 Å². The fourth-order valence-corrected chi connectivity index (χ4v) is 1.27. The Morgan fingerprint density at radius 1 is 1.62 bits per heavy atom. The lowest BCUT2D eigenvalue weighted by molar-refractivity contribution is 0.0947. The van der Waals surface area contributed by atoms with Gasteiger partial charge in [0.25, 0.3) is 5.91 Å². The van der Waals surface area contributed by atoms with E-state index >= 15 is 0 Å². The maximum absolute atomic E-state index is 13.4. The minimum atomic E-state index is -0.588. The summed E-state index contributed by atoms with van der Waals surface area (Å²) in [6.45, 7) is 3.96. The molecule has 0 radical (unpaired) electrons. The van der Waals surface area contributed by atoms with Crippen LogP contribution in [0.3, 0.4) is 0 Å². The van der Waals surface area contributed by atoms with E-state index < -0.39 is 11.7 Å². The molecule has 0 aromatic heterocycles. The average Bonchev–Trinajstić information content (AvgIpc) is 2.28. The summed E-state index contributed by atoms with van der Waals surface area (Å²) in [6.07, 6.45) is 2.32. The molecule has 1 aromatic carbocycles. The van der Waals surface area contributed by atoms with E-state index in [1.54, 1.807) is 12.1 Å². The third-order valence-corrected chi connectivity index (χ3v) is 2.06. The fourth-order valence-electron chi connectivity index (χ4n) is 1.27. The Hall–Kier alpha value is -1.84. The number of nitrogens with one attached hydrogen (secondary N) is 1. The number of amides is 1. The van der Waals surface area contributed by atoms with Crippen LogP contribution in [0.15, 0.2) is 30.9 Å². The van der Waals surface area contributed by atoms with Gasteiger partial charge in [0.1, 0.15) is 17.1 Å². The highest BCUT2D eigenvalue weighted by Crippen LogP contribution is 2.20. The smallest absolute Gasteiger partial charge is 0.258 e. The first-order valence-corrected chi connectivity index (χ1v) is 4.92. The van der Waals surface area contributed by atoms with Crippen molar-refractivity contribution in [2.75, 3.05) is 13.7 Å². The topological polar surface area (TPSA) is 38.3 Å². The minimum Gasteiger partial charge on any atom is -0.496 e. The first kappa shape index (κ1) is 12.2. The summed E-state index contributed by atoms with van der Waals surface area (Å²) in [7, 11) is 1.40. The SMILES string of the molecule is C=CCCNC(=O)c1c(F)cccc1OC. The van der Waals surface area contributed by atoms with Crippen molar-refractivity contribution >= 4 is 5.91 Å². The third-order valence-electron chi connectivity index (χ3n) is 2.06. The van der Waals surface area contributed by atoms with E-state index in [0.717, 1.165) is 0 Å². The second-order valence-electron chi connectivity index (χ2n) is 3.15. The van der Waals surface area contributed by atoms with Gasteiger partial charge in [0.05, 0.1) is 7.11 Å². The Morgan fingerprint density at radius 2 is 2.38 bits per heavy atom. The van der Waals surface area contributed by atoms with Gasteiger partial charge in [-0.1, -0.05) is 12.1 Å². The molecule has 0 fully saturated rings. The Bertz CT molecular complexity index is 391. The zero-order valence-corrected chi connectivity index (χ0v) is 9.13. The molecule has 0 saturated carbocycles. The number of carbonyl (C=O) groups is 1. The summed E-state index contributed by atoms with van der Waals surface area (Å²) >= 11 is 0. The predicted molar refractivity (Wildman–Crippen MR) is 60.1 cm³/mol. The zero-order chi connectivity index (χ0) is 12.0. The van der Waals surface area contributed by atoms with Gasteiger partial charge in [0, 0.05) is 6.54 Å². The maximum atomic E-state index is 13.4. The summed E-state index contributed by atoms with van der Waals surface area (Å²) < 4.78 is 18.4. The average molecular weight is 223 g/mol. The van der Waals surface area contributed by atoms with E-state index in [-0.39, 0.29) is 11.3 Å². The molecule has 0 unspecified atom stereocenters. The van der Waals surface area contributed by atoms with Gasteiger partial charge in [0.2, 0.25) is 0 Å². The molecular weight excluding hydrogens is 209 g/mol. The van der Waals surface area contributed by atoms with Gasteiger partial charge in [0.15, 0.2) is 0 Å². The van der Waals surface area contributed by atoms with E-state index in [2.05, 4.69) is 11.9 Å². The molecule has 1 amide bonds. The van der Waals surface area contributed by atoms with Crippen LogP contribution >= 0.6 is 0 Å². The molecule has 0 aliphatic rings. The molecule has 1 rings (SSSR count). The lowest BCUT2D eigenvalue weighted by Crippen LogP contribution is -2.25. The number of methoxy groups -OCH3 is 1. The fraction of sp³-hybridized carbons (Fsp3) is 0.250. The van der Waals surface area contributed by atoms with Crippen LogP contribution in [0, 0.1) is 5.82 Å². The number of ether oxygens (including phenoxy) is 1. The monoisotopic (exact) mass is 223 g/mol. The molecule has 3 nitrogen and oxygen atoms in total. The van der Waals surface area contributed by atoms with Crippen molar-refractivity contribution in [1.29, 1.82) is 0 Å². The van der Waals surface area contributed by atoms with Crippen molar-refractivity contribution in [3.8, 4) is 5.75 Å². The van der Waals surface area contributed by atoms with Crippen molar-refractivity contribution in [2.24, 2.45) is 0 Å². The molecule has 0 saturated heterocycles. The normalized spacial score (nSPS) is 9.62. The van der Waals surface area contributed by atoms with Crippen molar-refractivity contribution in [1.82, 2.24) is 5.32 Å². The molecule has 1 N–H and O–H groups in total. The van der Waals surface area contributed by atoms with Crippen LogP contribution in [0.4, 0.5) is 4.39 Å². The molecule has 0 aliphatic heterocycles. The summed E-state index contributed by atoms with van der Waals surface area (Å²) in [6, 6.07) is 4.27. The Balaban J connectivity index is 2.85. The predicted octanol–water partition coefficient (Wildman–Crippen LogP) is 2.14. The number of hydrogen-bond donors (Lipinski definition) is 1. The van der Waals surface area contributed by atoms with Crippen LogP contribution < -0.4 is 10.1 Å². The molecule has 0 atom stereocenters. The number of benzene rings is 1. The van der Waals surface area contributed by atoms with Gasteiger partial charge < -0.3 is 10.1 Å². The summed E-state index contributed by atoms with van der Waals surface area (Å²) in [5.41, 5.74) is -0.0611. The highest BCUT2D eigenvalue weighted by molar-refractivity contribution is 5.97. The summed E-state index contributed by atoms with van der Waals surface area (Å²) in [4.78, 5) is 11.7. The molecule has 0 aliphatic carbocycles. The molecule has 1 aromatic rings. The number of rotatable bonds is 5. The highest BCUT2D eigenvalue weighted by atomic mass is 19.1. The lowest BCUT2D eigenvalue weighted by atomic mass is 10.1. The van der Waals surface area contributed by atoms with Crippen molar-refractivity contribution < 1.29 is 13.9 Å². The third kappa shape index (κ3) is 2.82. The Morgan fingerprint density at radius 3 is 3.00 bits per heavy atom. The van der Waals surface area contributed by atoms with E-state index in [4.69, 9.17) is 4.74 Å². The molecule has 86 valence electrons. The largest absolute Gasteiger partial charge is 0.496 e. The quantitative estimate of drug-likeness (QED) is 0.613. The van der Waals surface area contributed by atoms with Gasteiger partial charge in [-0.05, 0) is 18.6 Å². The van der Waals surface area contributed by atoms with E-state index in [9.17, 15) is 9.18 Å². The first-order valence-electron chi connectivity index (χ1n) is 4.92. The van der Waals surface area contributed by atoms with Crippen LogP contribution in [0.25, 0.3) is 0 Å². The van der Waals surface area contributed by atoms with E-state index in [0.29, 0.717) is 13.0 Å². The van der Waals surface area contributed by atoms with E-state index in [1.165, 1.54) is 19.2 Å². The van der Waals surface area contributed by atoms with Crippen LogP contribution in [-0.2, 0) is 0 Å². The van der Waals surface area contributed by atoms with Crippen LogP contribution in [0.2, 0.25) is 0 Å². The molecule has 0 heterocycles. The van der Waals surface area contributed by atoms with Gasteiger partial charge in [-0.15, -0.1) is 6.58 Å². The van der Waals surface area contributed by atoms with Gasteiger partial charge in [-0.3, -0.25) is 4.79 Å². The van der Waals surface area contributed by atoms with Gasteiger partial charge >= 0.3 is 0 Å². The minimum absolute atomic E-state index is 0.0611. The second kappa shape index (κ2) is 5.90. The van der Waals surface area contributed by atoms with Crippen molar-refractivity contribution in [3.05, 3.63) is 42.2 Å². The molecule has 0 spiro atoms. The first-order chi connectivity index (χ1) is 7.70. The number of hydrogen-bond acceptors (Lipinski definition) is 2. The maximum Gasteiger partial charge on any atom is 0.258 e. The highest BCUT2D eigenvalue weighted by Gasteiger charge is 2.16. The van der Waals surface area contributed by atoms with Crippen LogP contribution in [-0.4, -0.2) is 19.6 Å². The summed E-state index contributed by atoms with van der Waals surface area (Å²) in [5.74, 6) is -0.830. The lowest BCUT2D eigenvalue weighted by Gasteiger charge is -2.09. The zero-order valence-electron chi connectivity index (χ0n) is 9.13. The Labute approximate surface area is 93.9 Å². The molecule has 0 bridgehead atoms. The Kier molecular flexibility index (Phi) is 4.51. The van der Waals surface area contributed by atoms with Crippen LogP contribution in [0.1, 0.15) is 16.8 Å². The molecule has 4 heteroatoms. The van der Waals surface area contributed by atoms with Gasteiger partial charge in [-0.2, -0.15) is 0 Å². The van der Waals surface area contributed by atoms with Crippen molar-refractivity contribution in [2.45, 2.75) is 6.42 Å². The summed E-state index contributed by atoms with van der Waals surface area (Å²) in [5, 5.41) is 2.59. The van der Waals surface area contributed by atoms with Crippen molar-refractivity contribution in [3.63, 3.8) is 0 Å². The van der Waals surface area contributed by atoms with Crippen LogP contribution in [0.5, 0.6) is 5.75 Å². The van der Waals surface area contributed by atoms with Gasteiger partial charge in [-0.25, -0.2) is 4.39 Å². The number of halogens is 1. The molecule has 16 heavy (non-hydrogen) atoms. The second-order valence-corrected chi connectivity index (χ2v) is 3.15. The molecular formula is C12H14FNO2. The number of carbonyl (C=O) groups excluding carboxylic acids is 1. The standard InChI is InChI=1S/C12H14FNO2/c1-3-4-8-14-12(15)11-9(13)6-5-7-10(11)16-2/h3,5-7H,1,4,8H2,2H3,(H,14,15).